The summed E-state index contributed by atoms with van der Waals surface area (Å²) in [6, 6.07) is 7.73. The summed E-state index contributed by atoms with van der Waals surface area (Å²) in [4.78, 5) is 14.7. The molecule has 0 saturated carbocycles. The fourth-order valence-electron chi connectivity index (χ4n) is 2.41. The van der Waals surface area contributed by atoms with Crippen LogP contribution in [0.1, 0.15) is 31.9 Å². The molecule has 0 amide bonds. The number of rotatable bonds is 2. The molecular formula is C17H21NO2. The Hall–Kier alpha value is -2.03. The number of ether oxygens (including phenoxy) is 1. The third-order valence-electron chi connectivity index (χ3n) is 3.42. The zero-order valence-electron chi connectivity index (χ0n) is 12.7. The van der Waals surface area contributed by atoms with Crippen molar-refractivity contribution in [2.45, 2.75) is 33.1 Å². The van der Waals surface area contributed by atoms with E-state index in [1.54, 1.807) is 13.3 Å². The van der Waals surface area contributed by atoms with Crippen LogP contribution in [0.5, 0.6) is 5.75 Å². The monoisotopic (exact) mass is 271 g/mol. The minimum absolute atomic E-state index is 0.0480. The highest BCUT2D eigenvalue weighted by molar-refractivity contribution is 5.67. The first kappa shape index (κ1) is 14.4. The Bertz CT molecular complexity index is 678. The number of pyridine rings is 1. The van der Waals surface area contributed by atoms with Crippen molar-refractivity contribution in [2.75, 3.05) is 7.11 Å². The Morgan fingerprint density at radius 2 is 1.90 bits per heavy atom. The summed E-state index contributed by atoms with van der Waals surface area (Å²) in [6.45, 7) is 8.44. The largest absolute Gasteiger partial charge is 0.496 e. The summed E-state index contributed by atoms with van der Waals surface area (Å²) >= 11 is 0. The van der Waals surface area contributed by atoms with E-state index in [1.807, 2.05) is 25.1 Å². The van der Waals surface area contributed by atoms with Gasteiger partial charge in [0.2, 0.25) is 0 Å². The van der Waals surface area contributed by atoms with Crippen molar-refractivity contribution in [1.29, 1.82) is 0 Å². The third-order valence-corrected chi connectivity index (χ3v) is 3.42. The standard InChI is InChI=1S/C17H21NO2/c1-11-9-12(13-7-6-8-18-16(13)19)10-14(15(11)20-5)17(2,3)4/h6-10H,1-5H3,(H,18,19). The van der Waals surface area contributed by atoms with Crippen molar-refractivity contribution in [3.05, 3.63) is 51.9 Å². The lowest BCUT2D eigenvalue weighted by molar-refractivity contribution is 0.394. The second kappa shape index (κ2) is 5.16. The molecule has 1 heterocycles. The van der Waals surface area contributed by atoms with Gasteiger partial charge in [-0.3, -0.25) is 4.79 Å². The Kier molecular flexibility index (Phi) is 3.71. The molecule has 106 valence electrons. The van der Waals surface area contributed by atoms with E-state index >= 15 is 0 Å². The first-order chi connectivity index (χ1) is 9.34. The smallest absolute Gasteiger partial charge is 0.255 e. The minimum atomic E-state index is -0.0723. The van der Waals surface area contributed by atoms with Crippen molar-refractivity contribution in [3.63, 3.8) is 0 Å². The van der Waals surface area contributed by atoms with Gasteiger partial charge < -0.3 is 9.72 Å². The van der Waals surface area contributed by atoms with Crippen LogP contribution in [0.4, 0.5) is 0 Å². The molecule has 3 nitrogen and oxygen atoms in total. The van der Waals surface area contributed by atoms with Crippen LogP contribution in [0.25, 0.3) is 11.1 Å². The molecule has 3 heteroatoms. The van der Waals surface area contributed by atoms with Crippen LogP contribution in [-0.2, 0) is 5.41 Å². The van der Waals surface area contributed by atoms with E-state index in [2.05, 4.69) is 31.8 Å². The maximum absolute atomic E-state index is 12.0. The molecular weight excluding hydrogens is 250 g/mol. The van der Waals surface area contributed by atoms with Gasteiger partial charge in [0.15, 0.2) is 0 Å². The van der Waals surface area contributed by atoms with E-state index in [0.717, 1.165) is 22.4 Å². The zero-order valence-corrected chi connectivity index (χ0v) is 12.7. The molecule has 1 N–H and O–H groups in total. The van der Waals surface area contributed by atoms with Gasteiger partial charge in [-0.25, -0.2) is 0 Å². The second-order valence-corrected chi connectivity index (χ2v) is 6.04. The predicted molar refractivity (Wildman–Crippen MR) is 82.5 cm³/mol. The van der Waals surface area contributed by atoms with Gasteiger partial charge in [-0.2, -0.15) is 0 Å². The first-order valence-electron chi connectivity index (χ1n) is 6.72. The van der Waals surface area contributed by atoms with Crippen LogP contribution in [0, 0.1) is 6.92 Å². The van der Waals surface area contributed by atoms with E-state index < -0.39 is 0 Å². The van der Waals surface area contributed by atoms with Crippen LogP contribution in [0.15, 0.2) is 35.3 Å². The Morgan fingerprint density at radius 3 is 2.45 bits per heavy atom. The van der Waals surface area contributed by atoms with E-state index in [4.69, 9.17) is 4.74 Å². The normalized spacial score (nSPS) is 11.4. The number of hydrogen-bond donors (Lipinski definition) is 1. The summed E-state index contributed by atoms with van der Waals surface area (Å²) in [6.07, 6.45) is 1.65. The van der Waals surface area contributed by atoms with Gasteiger partial charge >= 0.3 is 0 Å². The van der Waals surface area contributed by atoms with E-state index in [9.17, 15) is 4.79 Å². The van der Waals surface area contributed by atoms with Crippen LogP contribution in [0.3, 0.4) is 0 Å². The van der Waals surface area contributed by atoms with Gasteiger partial charge in [0.1, 0.15) is 5.75 Å². The summed E-state index contributed by atoms with van der Waals surface area (Å²) in [5.74, 6) is 0.897. The molecule has 0 unspecified atom stereocenters. The molecule has 0 spiro atoms. The highest BCUT2D eigenvalue weighted by Crippen LogP contribution is 2.36. The maximum Gasteiger partial charge on any atom is 0.255 e. The first-order valence-corrected chi connectivity index (χ1v) is 6.72. The molecule has 1 aromatic carbocycles. The summed E-state index contributed by atoms with van der Waals surface area (Å²) in [5.41, 5.74) is 3.64. The SMILES string of the molecule is COc1c(C)cc(-c2ccc[nH]c2=O)cc1C(C)(C)C. The molecule has 0 radical (unpaired) electrons. The average molecular weight is 271 g/mol. The number of aromatic amines is 1. The summed E-state index contributed by atoms with van der Waals surface area (Å²) in [7, 11) is 1.69. The van der Waals surface area contributed by atoms with Gasteiger partial charge in [-0.1, -0.05) is 20.8 Å². The molecule has 0 aliphatic carbocycles. The van der Waals surface area contributed by atoms with Crippen LogP contribution >= 0.6 is 0 Å². The number of hydrogen-bond acceptors (Lipinski definition) is 2. The number of methoxy groups -OCH3 is 1. The van der Waals surface area contributed by atoms with Crippen LogP contribution in [-0.4, -0.2) is 12.1 Å². The van der Waals surface area contributed by atoms with Gasteiger partial charge in [0.25, 0.3) is 5.56 Å². The van der Waals surface area contributed by atoms with Crippen molar-refractivity contribution in [3.8, 4) is 16.9 Å². The van der Waals surface area contributed by atoms with Crippen molar-refractivity contribution in [2.24, 2.45) is 0 Å². The molecule has 20 heavy (non-hydrogen) atoms. The Morgan fingerprint density at radius 1 is 1.20 bits per heavy atom. The quantitative estimate of drug-likeness (QED) is 0.905. The van der Waals surface area contributed by atoms with E-state index in [1.165, 1.54) is 0 Å². The van der Waals surface area contributed by atoms with Crippen LogP contribution < -0.4 is 10.3 Å². The highest BCUT2D eigenvalue weighted by atomic mass is 16.5. The van der Waals surface area contributed by atoms with Crippen molar-refractivity contribution >= 4 is 0 Å². The van der Waals surface area contributed by atoms with Gasteiger partial charge in [0, 0.05) is 17.3 Å². The molecule has 1 aromatic heterocycles. The fraction of sp³-hybridized carbons (Fsp3) is 0.353. The Labute approximate surface area is 119 Å². The molecule has 0 aliphatic rings. The molecule has 0 atom stereocenters. The topological polar surface area (TPSA) is 42.1 Å². The van der Waals surface area contributed by atoms with Gasteiger partial charge in [-0.15, -0.1) is 0 Å². The van der Waals surface area contributed by atoms with E-state index in [-0.39, 0.29) is 11.0 Å². The fourth-order valence-corrected chi connectivity index (χ4v) is 2.41. The summed E-state index contributed by atoms with van der Waals surface area (Å²) in [5, 5.41) is 0. The lowest BCUT2D eigenvalue weighted by Crippen LogP contribution is -2.15. The lowest BCUT2D eigenvalue weighted by atomic mass is 9.83. The molecule has 2 aromatic rings. The molecule has 0 bridgehead atoms. The van der Waals surface area contributed by atoms with E-state index in [0.29, 0.717) is 5.56 Å². The second-order valence-electron chi connectivity index (χ2n) is 6.04. The van der Waals surface area contributed by atoms with Gasteiger partial charge in [0.05, 0.1) is 7.11 Å². The number of aromatic nitrogens is 1. The molecule has 0 aliphatic heterocycles. The maximum atomic E-state index is 12.0. The summed E-state index contributed by atoms with van der Waals surface area (Å²) < 4.78 is 5.54. The number of nitrogens with one attached hydrogen (secondary N) is 1. The number of H-pyrrole nitrogens is 1. The third kappa shape index (κ3) is 2.62. The molecule has 0 saturated heterocycles. The highest BCUT2D eigenvalue weighted by Gasteiger charge is 2.21. The number of benzene rings is 1. The lowest BCUT2D eigenvalue weighted by Gasteiger charge is -2.24. The Balaban J connectivity index is 2.73. The average Bonchev–Trinajstić information content (AvgIpc) is 2.37. The van der Waals surface area contributed by atoms with Crippen molar-refractivity contribution in [1.82, 2.24) is 4.98 Å². The van der Waals surface area contributed by atoms with Crippen LogP contribution in [0.2, 0.25) is 0 Å². The molecule has 2 rings (SSSR count). The molecule has 0 fully saturated rings. The van der Waals surface area contributed by atoms with Gasteiger partial charge in [-0.05, 0) is 47.7 Å². The zero-order chi connectivity index (χ0) is 14.9. The predicted octanol–water partition coefficient (Wildman–Crippen LogP) is 3.66. The minimum Gasteiger partial charge on any atom is -0.496 e. The number of aryl methyl sites for hydroxylation is 1. The van der Waals surface area contributed by atoms with Crippen molar-refractivity contribution < 1.29 is 4.74 Å².